The number of rotatable bonds is 1. The monoisotopic (exact) mass is 183 g/mol. The zero-order valence-electron chi connectivity index (χ0n) is 7.78. The van der Waals surface area contributed by atoms with Gasteiger partial charge in [-0.1, -0.05) is 0 Å². The Morgan fingerprint density at radius 2 is 2.31 bits per heavy atom. The van der Waals surface area contributed by atoms with E-state index in [0.717, 1.165) is 0 Å². The Labute approximate surface area is 76.5 Å². The highest BCUT2D eigenvalue weighted by atomic mass is 16.5. The molecule has 1 saturated heterocycles. The molecule has 0 aromatic carbocycles. The lowest BCUT2D eigenvalue weighted by Gasteiger charge is -2.19. The second kappa shape index (κ2) is 2.56. The lowest BCUT2D eigenvalue weighted by molar-refractivity contribution is -0.00752. The van der Waals surface area contributed by atoms with E-state index in [1.807, 2.05) is 13.8 Å². The van der Waals surface area contributed by atoms with E-state index in [0.29, 0.717) is 12.2 Å². The van der Waals surface area contributed by atoms with Crippen LogP contribution in [-0.4, -0.2) is 22.3 Å². The van der Waals surface area contributed by atoms with Gasteiger partial charge in [-0.05, 0) is 13.8 Å². The normalized spacial score (nSPS) is 32.2. The molecule has 0 aliphatic carbocycles. The van der Waals surface area contributed by atoms with Gasteiger partial charge < -0.3 is 14.3 Å². The fourth-order valence-electron chi connectivity index (χ4n) is 1.72. The second-order valence-corrected chi connectivity index (χ2v) is 4.12. The molecule has 1 aromatic heterocycles. The molecule has 2 heterocycles. The van der Waals surface area contributed by atoms with E-state index in [1.165, 1.54) is 12.6 Å². The number of oxazole rings is 1. The second-order valence-electron chi connectivity index (χ2n) is 4.12. The minimum Gasteiger partial charge on any atom is -0.445 e. The first-order valence-electron chi connectivity index (χ1n) is 4.27. The average molecular weight is 183 g/mol. The number of nitrogens with zero attached hydrogens (tertiary/aromatic N) is 1. The number of aromatic nitrogens is 1. The molecule has 0 amide bonds. The first-order chi connectivity index (χ1) is 6.02. The van der Waals surface area contributed by atoms with Crippen molar-refractivity contribution in [2.75, 3.05) is 6.61 Å². The summed E-state index contributed by atoms with van der Waals surface area (Å²) in [5.41, 5.74) is -1.29. The zero-order valence-corrected chi connectivity index (χ0v) is 7.78. The highest BCUT2D eigenvalue weighted by Crippen LogP contribution is 2.39. The lowest BCUT2D eigenvalue weighted by Crippen LogP contribution is -2.27. The van der Waals surface area contributed by atoms with Gasteiger partial charge in [0, 0.05) is 6.42 Å². The van der Waals surface area contributed by atoms with Crippen LogP contribution in [0.5, 0.6) is 0 Å². The van der Waals surface area contributed by atoms with E-state index in [4.69, 9.17) is 9.15 Å². The van der Waals surface area contributed by atoms with Crippen LogP contribution < -0.4 is 0 Å². The lowest BCUT2D eigenvalue weighted by atomic mass is 9.92. The summed E-state index contributed by atoms with van der Waals surface area (Å²) in [7, 11) is 0. The molecule has 0 bridgehead atoms. The van der Waals surface area contributed by atoms with Gasteiger partial charge in [0.1, 0.15) is 5.60 Å². The van der Waals surface area contributed by atoms with Crippen molar-refractivity contribution in [1.82, 2.24) is 4.98 Å². The summed E-state index contributed by atoms with van der Waals surface area (Å²) in [5.74, 6) is 0.484. The Bertz CT molecular complexity index is 294. The summed E-state index contributed by atoms with van der Waals surface area (Å²) >= 11 is 0. The van der Waals surface area contributed by atoms with Crippen molar-refractivity contribution in [3.05, 3.63) is 18.4 Å². The van der Waals surface area contributed by atoms with Crippen LogP contribution in [0.1, 0.15) is 26.0 Å². The van der Waals surface area contributed by atoms with E-state index < -0.39 is 5.60 Å². The molecule has 72 valence electrons. The summed E-state index contributed by atoms with van der Waals surface area (Å²) in [5, 5.41) is 10.1. The fraction of sp³-hybridized carbons (Fsp3) is 0.667. The summed E-state index contributed by atoms with van der Waals surface area (Å²) < 4.78 is 10.5. The van der Waals surface area contributed by atoms with Crippen molar-refractivity contribution in [2.45, 2.75) is 31.5 Å². The predicted octanol–water partition coefficient (Wildman–Crippen LogP) is 1.06. The molecular weight excluding hydrogens is 170 g/mol. The summed E-state index contributed by atoms with van der Waals surface area (Å²) in [6.07, 6.45) is 3.39. The standard InChI is InChI=1S/C9H13NO3/c1-8(2)4-9(11,5-13-8)7-3-10-6-12-7/h3,6,11H,4-5H2,1-2H3. The molecule has 0 radical (unpaired) electrons. The maximum Gasteiger partial charge on any atom is 0.181 e. The SMILES string of the molecule is CC1(C)CC(O)(c2cnco2)CO1. The largest absolute Gasteiger partial charge is 0.445 e. The van der Waals surface area contributed by atoms with Gasteiger partial charge in [0.15, 0.2) is 12.2 Å². The Morgan fingerprint density at radius 1 is 1.54 bits per heavy atom. The van der Waals surface area contributed by atoms with Gasteiger partial charge in [-0.15, -0.1) is 0 Å². The Kier molecular flexibility index (Phi) is 1.72. The molecule has 1 N–H and O–H groups in total. The fourth-order valence-corrected chi connectivity index (χ4v) is 1.72. The topological polar surface area (TPSA) is 55.5 Å². The van der Waals surface area contributed by atoms with Gasteiger partial charge >= 0.3 is 0 Å². The molecule has 1 unspecified atom stereocenters. The van der Waals surface area contributed by atoms with Gasteiger partial charge in [0.05, 0.1) is 18.4 Å². The Morgan fingerprint density at radius 3 is 2.77 bits per heavy atom. The van der Waals surface area contributed by atoms with Crippen molar-refractivity contribution in [2.24, 2.45) is 0 Å². The van der Waals surface area contributed by atoms with E-state index >= 15 is 0 Å². The molecule has 1 aliphatic heterocycles. The number of hydrogen-bond acceptors (Lipinski definition) is 4. The van der Waals surface area contributed by atoms with Gasteiger partial charge in [0.2, 0.25) is 0 Å². The van der Waals surface area contributed by atoms with Crippen molar-refractivity contribution in [3.63, 3.8) is 0 Å². The maximum absolute atomic E-state index is 10.1. The van der Waals surface area contributed by atoms with Crippen LogP contribution in [-0.2, 0) is 10.3 Å². The predicted molar refractivity (Wildman–Crippen MR) is 45.0 cm³/mol. The molecular formula is C9H13NO3. The van der Waals surface area contributed by atoms with Crippen LogP contribution in [0.2, 0.25) is 0 Å². The highest BCUT2D eigenvalue weighted by Gasteiger charge is 2.46. The molecule has 1 aromatic rings. The molecule has 13 heavy (non-hydrogen) atoms. The van der Waals surface area contributed by atoms with Gasteiger partial charge in [0.25, 0.3) is 0 Å². The molecule has 0 spiro atoms. The molecule has 1 aliphatic rings. The van der Waals surface area contributed by atoms with Gasteiger partial charge in [-0.2, -0.15) is 0 Å². The molecule has 4 heteroatoms. The first-order valence-corrected chi connectivity index (χ1v) is 4.27. The highest BCUT2D eigenvalue weighted by molar-refractivity contribution is 5.09. The van der Waals surface area contributed by atoms with Gasteiger partial charge in [-0.25, -0.2) is 4.98 Å². The van der Waals surface area contributed by atoms with E-state index in [9.17, 15) is 5.11 Å². The third kappa shape index (κ3) is 1.47. The molecule has 0 saturated carbocycles. The maximum atomic E-state index is 10.1. The van der Waals surface area contributed by atoms with Crippen LogP contribution in [0.3, 0.4) is 0 Å². The van der Waals surface area contributed by atoms with Crippen LogP contribution in [0.15, 0.2) is 17.0 Å². The van der Waals surface area contributed by atoms with E-state index in [2.05, 4.69) is 4.98 Å². The van der Waals surface area contributed by atoms with Crippen LogP contribution >= 0.6 is 0 Å². The summed E-state index contributed by atoms with van der Waals surface area (Å²) in [6, 6.07) is 0. The van der Waals surface area contributed by atoms with Crippen molar-refractivity contribution < 1.29 is 14.3 Å². The number of aliphatic hydroxyl groups is 1. The third-order valence-corrected chi connectivity index (χ3v) is 2.31. The number of ether oxygens (including phenoxy) is 1. The van der Waals surface area contributed by atoms with Crippen LogP contribution in [0.4, 0.5) is 0 Å². The quantitative estimate of drug-likeness (QED) is 0.707. The molecule has 4 nitrogen and oxygen atoms in total. The number of hydrogen-bond donors (Lipinski definition) is 1. The van der Waals surface area contributed by atoms with Crippen LogP contribution in [0.25, 0.3) is 0 Å². The van der Waals surface area contributed by atoms with E-state index in [-0.39, 0.29) is 12.2 Å². The van der Waals surface area contributed by atoms with E-state index in [1.54, 1.807) is 0 Å². The Balaban J connectivity index is 2.25. The third-order valence-electron chi connectivity index (χ3n) is 2.31. The molecule has 1 atom stereocenters. The molecule has 2 rings (SSSR count). The van der Waals surface area contributed by atoms with Gasteiger partial charge in [-0.3, -0.25) is 0 Å². The minimum atomic E-state index is -1.00. The van der Waals surface area contributed by atoms with Crippen LogP contribution in [0, 0.1) is 0 Å². The van der Waals surface area contributed by atoms with Crippen molar-refractivity contribution in [1.29, 1.82) is 0 Å². The van der Waals surface area contributed by atoms with Crippen molar-refractivity contribution in [3.8, 4) is 0 Å². The first kappa shape index (κ1) is 8.72. The summed E-state index contributed by atoms with van der Waals surface area (Å²) in [4.78, 5) is 3.78. The minimum absolute atomic E-state index is 0.273. The average Bonchev–Trinajstić information content (AvgIpc) is 2.58. The summed E-state index contributed by atoms with van der Waals surface area (Å²) in [6.45, 7) is 4.16. The smallest absolute Gasteiger partial charge is 0.181 e. The zero-order chi connectivity index (χ0) is 9.53. The Hall–Kier alpha value is -0.870. The molecule has 1 fully saturated rings. The van der Waals surface area contributed by atoms with Crippen molar-refractivity contribution >= 4 is 0 Å².